The van der Waals surface area contributed by atoms with E-state index in [-0.39, 0.29) is 23.5 Å². The number of likely N-dealkylation sites (tertiary alicyclic amines) is 1. The van der Waals surface area contributed by atoms with Crippen LogP contribution < -0.4 is 5.32 Å². The molecule has 3 atom stereocenters. The number of carbonyl (C=O) groups is 4. The van der Waals surface area contributed by atoms with Gasteiger partial charge in [0.05, 0.1) is 17.5 Å². The van der Waals surface area contributed by atoms with Crippen molar-refractivity contribution in [1.82, 2.24) is 4.90 Å². The van der Waals surface area contributed by atoms with Crippen LogP contribution in [0.15, 0.2) is 127 Å². The van der Waals surface area contributed by atoms with Crippen LogP contribution in [0.2, 0.25) is 5.02 Å². The number of imide groups is 1. The zero-order chi connectivity index (χ0) is 34.1. The first-order valence-corrected chi connectivity index (χ1v) is 17.0. The van der Waals surface area contributed by atoms with Crippen molar-refractivity contribution in [2.24, 2.45) is 11.8 Å². The number of anilines is 1. The van der Waals surface area contributed by atoms with Crippen molar-refractivity contribution in [1.29, 1.82) is 0 Å². The van der Waals surface area contributed by atoms with Crippen LogP contribution in [0.3, 0.4) is 0 Å². The van der Waals surface area contributed by atoms with Crippen LogP contribution in [0.5, 0.6) is 0 Å². The molecule has 3 aliphatic carbocycles. The van der Waals surface area contributed by atoms with Crippen molar-refractivity contribution >= 4 is 64.0 Å². The molecule has 0 spiro atoms. The van der Waals surface area contributed by atoms with Crippen molar-refractivity contribution in [3.8, 4) is 0 Å². The van der Waals surface area contributed by atoms with Gasteiger partial charge < -0.3 is 5.32 Å². The number of nitrogens with one attached hydrogen (secondary N) is 1. The Balaban J connectivity index is 1.23. The second kappa shape index (κ2) is 11.7. The van der Waals surface area contributed by atoms with Crippen LogP contribution in [0.25, 0.3) is 0 Å². The van der Waals surface area contributed by atoms with Crippen molar-refractivity contribution in [2.75, 3.05) is 5.32 Å². The largest absolute Gasteiger partial charge is 0.324 e. The molecule has 2 bridgehead atoms. The van der Waals surface area contributed by atoms with Crippen LogP contribution >= 0.6 is 34.8 Å². The number of rotatable bonds is 7. The van der Waals surface area contributed by atoms with Gasteiger partial charge >= 0.3 is 0 Å². The lowest BCUT2D eigenvalue weighted by atomic mass is 9.54. The average Bonchev–Trinajstić information content (AvgIpc) is 3.41. The zero-order valence-electron chi connectivity index (χ0n) is 25.8. The van der Waals surface area contributed by atoms with Crippen LogP contribution in [-0.2, 0) is 30.6 Å². The first-order valence-electron chi connectivity index (χ1n) is 15.8. The van der Waals surface area contributed by atoms with Gasteiger partial charge in [-0.05, 0) is 46.0 Å². The minimum atomic E-state index is -1.39. The van der Waals surface area contributed by atoms with Gasteiger partial charge in [-0.2, -0.15) is 0 Å². The fourth-order valence-electron chi connectivity index (χ4n) is 7.91. The van der Waals surface area contributed by atoms with Crippen molar-refractivity contribution in [3.63, 3.8) is 0 Å². The van der Waals surface area contributed by atoms with Gasteiger partial charge in [0, 0.05) is 22.6 Å². The molecule has 0 saturated carbocycles. The molecule has 3 amide bonds. The van der Waals surface area contributed by atoms with Gasteiger partial charge in [-0.25, -0.2) is 0 Å². The van der Waals surface area contributed by atoms with Crippen molar-refractivity contribution < 1.29 is 19.2 Å². The van der Waals surface area contributed by atoms with E-state index in [0.717, 1.165) is 10.5 Å². The van der Waals surface area contributed by atoms with E-state index in [9.17, 15) is 19.2 Å². The Bertz CT molecular complexity index is 2070. The predicted molar refractivity (Wildman–Crippen MR) is 189 cm³/mol. The summed E-state index contributed by atoms with van der Waals surface area (Å²) >= 11 is 21.6. The maximum absolute atomic E-state index is 14.8. The summed E-state index contributed by atoms with van der Waals surface area (Å²) < 4.78 is 0. The molecule has 1 heterocycles. The third-order valence-electron chi connectivity index (χ3n) is 10.0. The highest BCUT2D eigenvalue weighted by Gasteiger charge is 2.73. The molecule has 1 fully saturated rings. The maximum atomic E-state index is 14.8. The lowest BCUT2D eigenvalue weighted by Gasteiger charge is -2.54. The summed E-state index contributed by atoms with van der Waals surface area (Å²) in [6.07, 6.45) is 0.0175. The maximum Gasteiger partial charge on any atom is 0.248 e. The Morgan fingerprint density at radius 2 is 1.14 bits per heavy atom. The van der Waals surface area contributed by atoms with Crippen LogP contribution in [-0.4, -0.2) is 34.4 Å². The normalized spacial score (nSPS) is 23.8. The van der Waals surface area contributed by atoms with E-state index < -0.39 is 45.3 Å². The minimum absolute atomic E-state index is 0.0175. The van der Waals surface area contributed by atoms with Crippen molar-refractivity contribution in [3.05, 3.63) is 171 Å². The summed E-state index contributed by atoms with van der Waals surface area (Å²) in [4.78, 5) is 56.0. The molecule has 0 aromatic heterocycles. The highest BCUT2D eigenvalue weighted by molar-refractivity contribution is 6.36. The lowest BCUT2D eigenvalue weighted by molar-refractivity contribution is -0.146. The quantitative estimate of drug-likeness (QED) is 0.107. The zero-order valence-corrected chi connectivity index (χ0v) is 28.0. The Hall–Kier alpha value is -4.75. The molecule has 9 rings (SSSR count). The Morgan fingerprint density at radius 1 is 0.673 bits per heavy atom. The van der Waals surface area contributed by atoms with E-state index in [2.05, 4.69) is 5.32 Å². The van der Waals surface area contributed by atoms with Gasteiger partial charge in [0.1, 0.15) is 15.8 Å². The van der Waals surface area contributed by atoms with Gasteiger partial charge in [-0.15, -0.1) is 23.2 Å². The minimum Gasteiger partial charge on any atom is -0.324 e. The molecule has 0 unspecified atom stereocenters. The molecule has 9 heteroatoms. The van der Waals surface area contributed by atoms with Gasteiger partial charge in [0.25, 0.3) is 0 Å². The Kier molecular flexibility index (Phi) is 7.52. The summed E-state index contributed by atoms with van der Waals surface area (Å²) in [5.41, 5.74) is 4.18. The Labute approximate surface area is 297 Å². The number of hydrogen-bond acceptors (Lipinski definition) is 4. The molecule has 5 aromatic rings. The number of carbonyl (C=O) groups excluding carboxylic acids is 4. The average molecular weight is 706 g/mol. The standard InChI is InChI=1S/C40H27Cl3N2O4/c41-25-19-20-31(26(22-25)35(46)24-13-5-2-6-14-24)44-36(47)32(21-23-11-3-1-4-12-23)45-37(48)33-34(38(45)49)40(43)28-16-8-7-15-27(28)39(33,42)29-17-9-10-18-30(29)40/h1-20,22,32-34H,21H2,(H,44,47)/t32-,33-,34-,39?,40?/m0/s1. The highest BCUT2D eigenvalue weighted by atomic mass is 35.5. The summed E-state index contributed by atoms with van der Waals surface area (Å²) in [7, 11) is 0. The van der Waals surface area contributed by atoms with Crippen molar-refractivity contribution in [2.45, 2.75) is 22.2 Å². The highest BCUT2D eigenvalue weighted by Crippen LogP contribution is 2.69. The number of hydrogen-bond donors (Lipinski definition) is 1. The number of amides is 3. The van der Waals surface area contributed by atoms with Crippen LogP contribution in [0.1, 0.15) is 43.7 Å². The van der Waals surface area contributed by atoms with Gasteiger partial charge in [-0.1, -0.05) is 121 Å². The third kappa shape index (κ3) is 4.62. The van der Waals surface area contributed by atoms with E-state index in [0.29, 0.717) is 32.8 Å². The molecule has 1 N–H and O–H groups in total. The second-order valence-electron chi connectivity index (χ2n) is 12.6. The van der Waals surface area contributed by atoms with E-state index >= 15 is 0 Å². The molecule has 49 heavy (non-hydrogen) atoms. The summed E-state index contributed by atoms with van der Waals surface area (Å²) in [6, 6.07) is 35.8. The molecule has 0 radical (unpaired) electrons. The second-order valence-corrected chi connectivity index (χ2v) is 14.2. The summed E-state index contributed by atoms with van der Waals surface area (Å²) in [6.45, 7) is 0. The lowest BCUT2D eigenvalue weighted by Crippen LogP contribution is -2.57. The van der Waals surface area contributed by atoms with Gasteiger partial charge in [0.2, 0.25) is 17.7 Å². The number of halogens is 3. The van der Waals surface area contributed by atoms with E-state index in [1.54, 1.807) is 42.5 Å². The van der Waals surface area contributed by atoms with E-state index in [4.69, 9.17) is 34.8 Å². The van der Waals surface area contributed by atoms with Gasteiger partial charge in [-0.3, -0.25) is 24.1 Å². The van der Waals surface area contributed by atoms with E-state index in [1.165, 1.54) is 6.07 Å². The van der Waals surface area contributed by atoms with Crippen LogP contribution in [0, 0.1) is 11.8 Å². The smallest absolute Gasteiger partial charge is 0.248 e. The number of benzene rings is 5. The molecule has 1 aliphatic heterocycles. The molecule has 242 valence electrons. The van der Waals surface area contributed by atoms with Crippen LogP contribution in [0.4, 0.5) is 5.69 Å². The molecule has 6 nitrogen and oxygen atoms in total. The first kappa shape index (κ1) is 31.5. The SMILES string of the molecule is O=C(c1ccccc1)c1cc(Cl)ccc1NC(=O)[C@H](Cc1ccccc1)N1C(=O)[C@@H]2[C@@H](C1=O)C1(Cl)c3ccccc3C2(Cl)c2ccccc21. The molecule has 4 aliphatic rings. The molecule has 1 saturated heterocycles. The number of alkyl halides is 2. The Morgan fingerprint density at radius 3 is 1.65 bits per heavy atom. The summed E-state index contributed by atoms with van der Waals surface area (Å²) in [5.74, 6) is -4.29. The fraction of sp³-hybridized carbons (Fsp3) is 0.150. The fourth-order valence-corrected chi connectivity index (χ4v) is 9.18. The first-order chi connectivity index (χ1) is 23.7. The monoisotopic (exact) mass is 704 g/mol. The summed E-state index contributed by atoms with van der Waals surface area (Å²) in [5, 5.41) is 3.18. The topological polar surface area (TPSA) is 83.6 Å². The third-order valence-corrected chi connectivity index (χ3v) is 11.5. The molecule has 5 aromatic carbocycles. The van der Waals surface area contributed by atoms with Gasteiger partial charge in [0.15, 0.2) is 5.78 Å². The number of nitrogens with zero attached hydrogens (tertiary/aromatic N) is 1. The molecular weight excluding hydrogens is 679 g/mol. The van der Waals surface area contributed by atoms with E-state index in [1.807, 2.05) is 78.9 Å². The molecular formula is C40H27Cl3N2O4. The number of ketones is 1. The predicted octanol–water partition coefficient (Wildman–Crippen LogP) is 7.71.